The molecule has 1 aliphatic rings. The van der Waals surface area contributed by atoms with Crippen molar-refractivity contribution in [1.29, 1.82) is 0 Å². The Balaban J connectivity index is 2.25. The predicted octanol–water partition coefficient (Wildman–Crippen LogP) is 2.04. The van der Waals surface area contributed by atoms with E-state index in [0.717, 1.165) is 0 Å². The van der Waals surface area contributed by atoms with Crippen LogP contribution in [0.15, 0.2) is 18.2 Å². The second kappa shape index (κ2) is 4.75. The van der Waals surface area contributed by atoms with Crippen molar-refractivity contribution in [2.75, 3.05) is 18.6 Å². The van der Waals surface area contributed by atoms with Gasteiger partial charge in [0.05, 0.1) is 18.6 Å². The number of ether oxygens (including phenoxy) is 1. The molecule has 0 spiro atoms. The molecular formula is C12H12ClNO3. The minimum absolute atomic E-state index is 0.00846. The molecule has 0 saturated carbocycles. The van der Waals surface area contributed by atoms with E-state index in [1.54, 1.807) is 23.1 Å². The molecule has 4 nitrogen and oxygen atoms in total. The second-order valence-corrected chi connectivity index (χ2v) is 4.24. The molecule has 1 amide bonds. The van der Waals surface area contributed by atoms with Gasteiger partial charge in [-0.05, 0) is 18.2 Å². The third-order valence-electron chi connectivity index (χ3n) is 2.71. The van der Waals surface area contributed by atoms with Crippen molar-refractivity contribution < 1.29 is 14.3 Å². The molecule has 0 unspecified atom stereocenters. The summed E-state index contributed by atoms with van der Waals surface area (Å²) in [5, 5.41) is 0.453. The van der Waals surface area contributed by atoms with Gasteiger partial charge in [0.1, 0.15) is 11.5 Å². The van der Waals surface area contributed by atoms with E-state index in [0.29, 0.717) is 29.4 Å². The van der Waals surface area contributed by atoms with E-state index in [2.05, 4.69) is 0 Å². The van der Waals surface area contributed by atoms with Crippen molar-refractivity contribution in [3.8, 4) is 5.75 Å². The molecule has 2 rings (SSSR count). The number of Topliss-reactive ketones (excluding diaryl/α,β-unsaturated/α-hetero) is 1. The van der Waals surface area contributed by atoms with Gasteiger partial charge >= 0.3 is 0 Å². The monoisotopic (exact) mass is 253 g/mol. The largest absolute Gasteiger partial charge is 0.495 e. The number of methoxy groups -OCH3 is 1. The molecule has 1 aliphatic heterocycles. The van der Waals surface area contributed by atoms with Crippen LogP contribution in [0, 0.1) is 0 Å². The summed E-state index contributed by atoms with van der Waals surface area (Å²) >= 11 is 6.00. The van der Waals surface area contributed by atoms with E-state index >= 15 is 0 Å². The smallest absolute Gasteiger partial charge is 0.234 e. The number of carbonyl (C=O) groups excluding carboxylic acids is 2. The maximum absolute atomic E-state index is 11.7. The summed E-state index contributed by atoms with van der Waals surface area (Å²) in [5.74, 6) is 0.379. The zero-order valence-electron chi connectivity index (χ0n) is 9.40. The number of rotatable bonds is 2. The lowest BCUT2D eigenvalue weighted by molar-refractivity contribution is -0.128. The average Bonchev–Trinajstić information content (AvgIpc) is 2.29. The quantitative estimate of drug-likeness (QED) is 0.758. The lowest BCUT2D eigenvalue weighted by atomic mass is 10.1. The number of halogens is 1. The SMILES string of the molecule is COc1ccc(N2CCC(=O)CC2=O)cc1Cl. The first-order valence-corrected chi connectivity index (χ1v) is 5.65. The van der Waals surface area contributed by atoms with Crippen LogP contribution >= 0.6 is 11.6 Å². The summed E-state index contributed by atoms with van der Waals surface area (Å²) in [4.78, 5) is 24.4. The first-order valence-electron chi connectivity index (χ1n) is 5.27. The molecular weight excluding hydrogens is 242 g/mol. The summed E-state index contributed by atoms with van der Waals surface area (Å²) < 4.78 is 5.04. The lowest BCUT2D eigenvalue weighted by Crippen LogP contribution is -2.39. The van der Waals surface area contributed by atoms with Crippen LogP contribution in [0.25, 0.3) is 0 Å². The minimum Gasteiger partial charge on any atom is -0.495 e. The van der Waals surface area contributed by atoms with Gasteiger partial charge in [-0.25, -0.2) is 0 Å². The summed E-state index contributed by atoms with van der Waals surface area (Å²) in [7, 11) is 1.53. The van der Waals surface area contributed by atoms with Crippen LogP contribution in [0.4, 0.5) is 5.69 Å². The van der Waals surface area contributed by atoms with Crippen molar-refractivity contribution in [3.05, 3.63) is 23.2 Å². The van der Waals surface area contributed by atoms with E-state index in [1.807, 2.05) is 0 Å². The van der Waals surface area contributed by atoms with Crippen molar-refractivity contribution in [2.24, 2.45) is 0 Å². The van der Waals surface area contributed by atoms with Crippen LogP contribution in [-0.4, -0.2) is 25.3 Å². The summed E-state index contributed by atoms with van der Waals surface area (Å²) in [6, 6.07) is 5.15. The normalized spacial score (nSPS) is 16.2. The highest BCUT2D eigenvalue weighted by molar-refractivity contribution is 6.32. The number of nitrogens with zero attached hydrogens (tertiary/aromatic N) is 1. The Bertz CT molecular complexity index is 473. The van der Waals surface area contributed by atoms with Gasteiger partial charge in [0.15, 0.2) is 0 Å². The molecule has 1 saturated heterocycles. The molecule has 0 N–H and O–H groups in total. The molecule has 0 bridgehead atoms. The van der Waals surface area contributed by atoms with E-state index in [-0.39, 0.29) is 18.1 Å². The third-order valence-corrected chi connectivity index (χ3v) is 3.01. The molecule has 90 valence electrons. The van der Waals surface area contributed by atoms with Crippen LogP contribution in [0.3, 0.4) is 0 Å². The Labute approximate surface area is 104 Å². The van der Waals surface area contributed by atoms with Crippen molar-refractivity contribution >= 4 is 29.0 Å². The molecule has 17 heavy (non-hydrogen) atoms. The van der Waals surface area contributed by atoms with Crippen LogP contribution in [0.5, 0.6) is 5.75 Å². The highest BCUT2D eigenvalue weighted by atomic mass is 35.5. The van der Waals surface area contributed by atoms with Gasteiger partial charge in [-0.2, -0.15) is 0 Å². The van der Waals surface area contributed by atoms with Crippen molar-refractivity contribution in [2.45, 2.75) is 12.8 Å². The minimum atomic E-state index is -0.178. The average molecular weight is 254 g/mol. The van der Waals surface area contributed by atoms with Gasteiger partial charge in [-0.15, -0.1) is 0 Å². The van der Waals surface area contributed by atoms with Gasteiger partial charge < -0.3 is 9.64 Å². The van der Waals surface area contributed by atoms with Crippen molar-refractivity contribution in [3.63, 3.8) is 0 Å². The maximum Gasteiger partial charge on any atom is 0.234 e. The summed E-state index contributed by atoms with van der Waals surface area (Å²) in [5.41, 5.74) is 0.702. The number of piperidine rings is 1. The Morgan fingerprint density at radius 2 is 2.12 bits per heavy atom. The third kappa shape index (κ3) is 2.42. The molecule has 0 atom stereocenters. The van der Waals surface area contributed by atoms with Gasteiger partial charge in [0.25, 0.3) is 0 Å². The van der Waals surface area contributed by atoms with Crippen LogP contribution < -0.4 is 9.64 Å². The molecule has 5 heteroatoms. The topological polar surface area (TPSA) is 46.6 Å². The number of benzene rings is 1. The molecule has 1 aromatic rings. The van der Waals surface area contributed by atoms with Gasteiger partial charge in [0.2, 0.25) is 5.91 Å². The molecule has 0 aliphatic carbocycles. The van der Waals surface area contributed by atoms with Gasteiger partial charge in [-0.3, -0.25) is 9.59 Å². The Morgan fingerprint density at radius 1 is 1.35 bits per heavy atom. The first kappa shape index (κ1) is 11.9. The Morgan fingerprint density at radius 3 is 2.71 bits per heavy atom. The lowest BCUT2D eigenvalue weighted by Gasteiger charge is -2.26. The van der Waals surface area contributed by atoms with E-state index in [4.69, 9.17) is 16.3 Å². The molecule has 0 aromatic heterocycles. The number of anilines is 1. The molecule has 1 fully saturated rings. The van der Waals surface area contributed by atoms with E-state index < -0.39 is 0 Å². The van der Waals surface area contributed by atoms with Crippen LogP contribution in [0.1, 0.15) is 12.8 Å². The standard InChI is InChI=1S/C12H12ClNO3/c1-17-11-3-2-8(6-10(11)13)14-5-4-9(15)7-12(14)16/h2-3,6H,4-5,7H2,1H3. The van der Waals surface area contributed by atoms with Crippen molar-refractivity contribution in [1.82, 2.24) is 0 Å². The molecule has 0 radical (unpaired) electrons. The number of hydrogen-bond donors (Lipinski definition) is 0. The fraction of sp³-hybridized carbons (Fsp3) is 0.333. The predicted molar refractivity (Wildman–Crippen MR) is 64.6 cm³/mol. The van der Waals surface area contributed by atoms with E-state index in [9.17, 15) is 9.59 Å². The number of ketones is 1. The summed E-state index contributed by atoms with van der Waals surface area (Å²) in [6.07, 6.45) is 0.374. The fourth-order valence-corrected chi connectivity index (χ4v) is 2.06. The molecule has 1 heterocycles. The van der Waals surface area contributed by atoms with Crippen LogP contribution in [0.2, 0.25) is 5.02 Å². The zero-order valence-corrected chi connectivity index (χ0v) is 10.2. The highest BCUT2D eigenvalue weighted by Gasteiger charge is 2.25. The summed E-state index contributed by atoms with van der Waals surface area (Å²) in [6.45, 7) is 0.417. The Kier molecular flexibility index (Phi) is 3.33. The van der Waals surface area contributed by atoms with Crippen LogP contribution in [-0.2, 0) is 9.59 Å². The fourth-order valence-electron chi connectivity index (χ4n) is 1.81. The molecule has 1 aromatic carbocycles. The van der Waals surface area contributed by atoms with Gasteiger partial charge in [0, 0.05) is 18.7 Å². The zero-order chi connectivity index (χ0) is 12.4. The number of hydrogen-bond acceptors (Lipinski definition) is 3. The highest BCUT2D eigenvalue weighted by Crippen LogP contribution is 2.30. The van der Waals surface area contributed by atoms with E-state index in [1.165, 1.54) is 7.11 Å². The Hall–Kier alpha value is -1.55. The van der Waals surface area contributed by atoms with Gasteiger partial charge in [-0.1, -0.05) is 11.6 Å². The first-order chi connectivity index (χ1) is 8.11. The number of amides is 1. The number of carbonyl (C=O) groups is 2. The maximum atomic E-state index is 11.7. The second-order valence-electron chi connectivity index (χ2n) is 3.83.